The molecule has 0 N–H and O–H groups in total. The molecular formula is C24H26O6. The smallest absolute Gasteiger partial charge is 0.324 e. The molecule has 0 bridgehead atoms. The monoisotopic (exact) mass is 410 g/mol. The Bertz CT molecular complexity index is 902. The van der Waals surface area contributed by atoms with Gasteiger partial charge in [0.15, 0.2) is 5.41 Å². The van der Waals surface area contributed by atoms with E-state index < -0.39 is 35.1 Å². The zero-order valence-electron chi connectivity index (χ0n) is 17.6. The van der Waals surface area contributed by atoms with E-state index in [0.29, 0.717) is 16.9 Å². The van der Waals surface area contributed by atoms with Crippen molar-refractivity contribution in [3.05, 3.63) is 65.7 Å². The van der Waals surface area contributed by atoms with Crippen LogP contribution in [0.4, 0.5) is 0 Å². The Morgan fingerprint density at radius 3 is 1.93 bits per heavy atom. The first-order valence-electron chi connectivity index (χ1n) is 9.80. The number of ketones is 1. The van der Waals surface area contributed by atoms with Crippen molar-refractivity contribution in [1.82, 2.24) is 0 Å². The summed E-state index contributed by atoms with van der Waals surface area (Å²) in [5.41, 5.74) is -0.313. The van der Waals surface area contributed by atoms with Crippen LogP contribution in [0.3, 0.4) is 0 Å². The van der Waals surface area contributed by atoms with E-state index in [2.05, 4.69) is 0 Å². The van der Waals surface area contributed by atoms with Crippen LogP contribution < -0.4 is 4.74 Å². The van der Waals surface area contributed by atoms with E-state index in [-0.39, 0.29) is 12.2 Å². The van der Waals surface area contributed by atoms with Crippen LogP contribution in [-0.2, 0) is 23.9 Å². The van der Waals surface area contributed by atoms with Gasteiger partial charge in [-0.15, -0.1) is 0 Å². The first kappa shape index (κ1) is 21.6. The van der Waals surface area contributed by atoms with Gasteiger partial charge in [-0.2, -0.15) is 0 Å². The van der Waals surface area contributed by atoms with Gasteiger partial charge in [-0.1, -0.05) is 49.4 Å². The van der Waals surface area contributed by atoms with Crippen molar-refractivity contribution in [3.63, 3.8) is 0 Å². The van der Waals surface area contributed by atoms with Gasteiger partial charge in [0.05, 0.1) is 21.3 Å². The van der Waals surface area contributed by atoms with Gasteiger partial charge in [0.1, 0.15) is 11.5 Å². The number of carbonyl (C=O) groups excluding carboxylic acids is 3. The molecule has 0 aromatic heterocycles. The van der Waals surface area contributed by atoms with Crippen LogP contribution >= 0.6 is 0 Å². The molecule has 0 spiro atoms. The maximum absolute atomic E-state index is 13.4. The van der Waals surface area contributed by atoms with Crippen LogP contribution in [0, 0.1) is 11.3 Å². The zero-order valence-corrected chi connectivity index (χ0v) is 17.6. The normalized spacial score (nSPS) is 22.8. The van der Waals surface area contributed by atoms with Crippen molar-refractivity contribution in [2.45, 2.75) is 25.2 Å². The Kier molecular flexibility index (Phi) is 6.25. The fourth-order valence-corrected chi connectivity index (χ4v) is 4.73. The molecule has 0 amide bonds. The predicted octanol–water partition coefficient (Wildman–Crippen LogP) is 3.50. The molecule has 1 aliphatic carbocycles. The van der Waals surface area contributed by atoms with Crippen LogP contribution in [-0.4, -0.2) is 39.1 Å². The summed E-state index contributed by atoms with van der Waals surface area (Å²) < 4.78 is 15.6. The lowest BCUT2D eigenvalue weighted by Crippen LogP contribution is -2.56. The van der Waals surface area contributed by atoms with Gasteiger partial charge < -0.3 is 14.2 Å². The SMILES string of the molecule is COC(=O)C1(C(=O)OC)C(c2ccc(OC)cc2)CC(=O)C(C)C1c1ccccc1. The average molecular weight is 410 g/mol. The fourth-order valence-electron chi connectivity index (χ4n) is 4.73. The number of rotatable bonds is 5. The molecule has 3 rings (SSSR count). The van der Waals surface area contributed by atoms with Crippen LogP contribution in [0.2, 0.25) is 0 Å². The van der Waals surface area contributed by atoms with E-state index in [4.69, 9.17) is 14.2 Å². The minimum absolute atomic E-state index is 0.0203. The van der Waals surface area contributed by atoms with Crippen molar-refractivity contribution in [3.8, 4) is 5.75 Å². The molecule has 0 heterocycles. The lowest BCUT2D eigenvalue weighted by molar-refractivity contribution is -0.177. The Labute approximate surface area is 176 Å². The average Bonchev–Trinajstić information content (AvgIpc) is 2.79. The molecule has 3 atom stereocenters. The second-order valence-corrected chi connectivity index (χ2v) is 7.53. The van der Waals surface area contributed by atoms with E-state index in [1.807, 2.05) is 30.3 Å². The molecule has 1 aliphatic rings. The highest BCUT2D eigenvalue weighted by molar-refractivity contribution is 6.05. The Morgan fingerprint density at radius 2 is 1.43 bits per heavy atom. The van der Waals surface area contributed by atoms with E-state index in [9.17, 15) is 14.4 Å². The highest BCUT2D eigenvalue weighted by Gasteiger charge is 2.65. The summed E-state index contributed by atoms with van der Waals surface area (Å²) in [4.78, 5) is 39.8. The van der Waals surface area contributed by atoms with Crippen molar-refractivity contribution >= 4 is 17.7 Å². The second kappa shape index (κ2) is 8.69. The first-order chi connectivity index (χ1) is 14.4. The van der Waals surface area contributed by atoms with Crippen LogP contribution in [0.1, 0.15) is 36.3 Å². The van der Waals surface area contributed by atoms with Gasteiger partial charge in [-0.05, 0) is 23.3 Å². The second-order valence-electron chi connectivity index (χ2n) is 7.53. The van der Waals surface area contributed by atoms with Crippen molar-refractivity contribution < 1.29 is 28.6 Å². The Hall–Kier alpha value is -3.15. The number of benzene rings is 2. The van der Waals surface area contributed by atoms with Crippen molar-refractivity contribution in [2.24, 2.45) is 11.3 Å². The molecule has 2 aromatic rings. The highest BCUT2D eigenvalue weighted by Crippen LogP contribution is 2.57. The molecule has 158 valence electrons. The summed E-state index contributed by atoms with van der Waals surface area (Å²) in [7, 11) is 4.06. The molecule has 2 aromatic carbocycles. The largest absolute Gasteiger partial charge is 0.497 e. The summed E-state index contributed by atoms with van der Waals surface area (Å²) in [6, 6.07) is 16.2. The summed E-state index contributed by atoms with van der Waals surface area (Å²) in [5, 5.41) is 0. The number of carbonyl (C=O) groups is 3. The molecule has 3 unspecified atom stereocenters. The quantitative estimate of drug-likeness (QED) is 0.555. The van der Waals surface area contributed by atoms with Crippen LogP contribution in [0.5, 0.6) is 5.75 Å². The Morgan fingerprint density at radius 1 is 0.867 bits per heavy atom. The van der Waals surface area contributed by atoms with Gasteiger partial charge in [-0.25, -0.2) is 0 Å². The molecule has 30 heavy (non-hydrogen) atoms. The summed E-state index contributed by atoms with van der Waals surface area (Å²) >= 11 is 0. The topological polar surface area (TPSA) is 78.9 Å². The number of ether oxygens (including phenoxy) is 3. The summed E-state index contributed by atoms with van der Waals surface area (Å²) in [6.07, 6.45) is 0.0288. The van der Waals surface area contributed by atoms with Gasteiger partial charge in [0.2, 0.25) is 0 Å². The number of Topliss-reactive ketones (excluding diaryl/α,β-unsaturated/α-hetero) is 1. The third kappa shape index (κ3) is 3.36. The van der Waals surface area contributed by atoms with E-state index in [1.54, 1.807) is 38.3 Å². The fraction of sp³-hybridized carbons (Fsp3) is 0.375. The molecule has 1 saturated carbocycles. The number of esters is 2. The summed E-state index contributed by atoms with van der Waals surface area (Å²) in [6.45, 7) is 1.75. The molecule has 0 saturated heterocycles. The maximum Gasteiger partial charge on any atom is 0.324 e. The minimum atomic E-state index is -1.70. The lowest BCUT2D eigenvalue weighted by Gasteiger charge is -2.47. The van der Waals surface area contributed by atoms with E-state index in [0.717, 1.165) is 0 Å². The molecule has 0 radical (unpaired) electrons. The molecule has 1 fully saturated rings. The summed E-state index contributed by atoms with van der Waals surface area (Å²) in [5.74, 6) is -2.83. The zero-order chi connectivity index (χ0) is 21.9. The van der Waals surface area contributed by atoms with Gasteiger partial charge in [0, 0.05) is 24.2 Å². The van der Waals surface area contributed by atoms with Crippen LogP contribution in [0.25, 0.3) is 0 Å². The van der Waals surface area contributed by atoms with Crippen molar-refractivity contribution in [2.75, 3.05) is 21.3 Å². The third-order valence-electron chi connectivity index (χ3n) is 6.18. The number of hydrogen-bond donors (Lipinski definition) is 0. The van der Waals surface area contributed by atoms with E-state index in [1.165, 1.54) is 14.2 Å². The highest BCUT2D eigenvalue weighted by atomic mass is 16.5. The number of hydrogen-bond acceptors (Lipinski definition) is 6. The standard InChI is InChI=1S/C24H26O6/c1-15-20(25)14-19(16-10-12-18(28-2)13-11-16)24(22(26)29-3,23(27)30-4)21(15)17-8-6-5-7-9-17/h5-13,15,19,21H,14H2,1-4H3. The maximum atomic E-state index is 13.4. The molecule has 6 heteroatoms. The minimum Gasteiger partial charge on any atom is -0.497 e. The van der Waals surface area contributed by atoms with Gasteiger partial charge in [0.25, 0.3) is 0 Å². The van der Waals surface area contributed by atoms with Gasteiger partial charge in [-0.3, -0.25) is 14.4 Å². The predicted molar refractivity (Wildman–Crippen MR) is 110 cm³/mol. The Balaban J connectivity index is 2.31. The molecule has 0 aliphatic heterocycles. The lowest BCUT2D eigenvalue weighted by atomic mass is 9.53. The van der Waals surface area contributed by atoms with Crippen molar-refractivity contribution in [1.29, 1.82) is 0 Å². The molecular weight excluding hydrogens is 384 g/mol. The first-order valence-corrected chi connectivity index (χ1v) is 9.80. The van der Waals surface area contributed by atoms with Crippen LogP contribution in [0.15, 0.2) is 54.6 Å². The number of methoxy groups -OCH3 is 3. The third-order valence-corrected chi connectivity index (χ3v) is 6.18. The van der Waals surface area contributed by atoms with Gasteiger partial charge >= 0.3 is 11.9 Å². The van der Waals surface area contributed by atoms with E-state index >= 15 is 0 Å². The molecule has 6 nitrogen and oxygen atoms in total.